The third-order valence-electron chi connectivity index (χ3n) is 2.04. The smallest absolute Gasteiger partial charge is 0.238 e. The van der Waals surface area contributed by atoms with E-state index in [-0.39, 0.29) is 24.7 Å². The van der Waals surface area contributed by atoms with Gasteiger partial charge in [0.15, 0.2) is 0 Å². The Labute approximate surface area is 106 Å². The zero-order valence-corrected chi connectivity index (χ0v) is 10.5. The number of rotatable bonds is 3. The highest BCUT2D eigenvalue weighted by Gasteiger charge is 2.07. The molecule has 1 rings (SSSR count). The van der Waals surface area contributed by atoms with E-state index in [0.717, 1.165) is 0 Å². The fraction of sp³-hybridized carbons (Fsp3) is 0.308. The van der Waals surface area contributed by atoms with E-state index in [2.05, 4.69) is 17.2 Å². The molecule has 0 aliphatic carbocycles. The van der Waals surface area contributed by atoms with Crippen LogP contribution in [0.5, 0.6) is 0 Å². The van der Waals surface area contributed by atoms with Crippen molar-refractivity contribution < 1.29 is 9.18 Å². The van der Waals surface area contributed by atoms with Crippen LogP contribution in [0.1, 0.15) is 5.56 Å². The van der Waals surface area contributed by atoms with Crippen LogP contribution in [0.2, 0.25) is 0 Å². The SMILES string of the molecule is CN(C)CC(=O)Nc1ccc(C#CCN)cc1F. The lowest BCUT2D eigenvalue weighted by Crippen LogP contribution is -2.27. The van der Waals surface area contributed by atoms with E-state index in [4.69, 9.17) is 5.73 Å². The van der Waals surface area contributed by atoms with Gasteiger partial charge in [-0.25, -0.2) is 4.39 Å². The number of carbonyl (C=O) groups excluding carboxylic acids is 1. The third-order valence-corrected chi connectivity index (χ3v) is 2.04. The molecule has 0 aliphatic heterocycles. The molecule has 0 aromatic heterocycles. The molecule has 0 spiro atoms. The number of nitrogens with two attached hydrogens (primary N) is 1. The molecule has 0 heterocycles. The number of nitrogens with zero attached hydrogens (tertiary/aromatic N) is 1. The van der Waals surface area contributed by atoms with Crippen LogP contribution in [-0.2, 0) is 4.79 Å². The summed E-state index contributed by atoms with van der Waals surface area (Å²) >= 11 is 0. The average molecular weight is 249 g/mol. The molecule has 0 unspecified atom stereocenters. The highest BCUT2D eigenvalue weighted by Crippen LogP contribution is 2.15. The van der Waals surface area contributed by atoms with Gasteiger partial charge >= 0.3 is 0 Å². The van der Waals surface area contributed by atoms with Gasteiger partial charge in [-0.1, -0.05) is 11.8 Å². The number of hydrogen-bond donors (Lipinski definition) is 2. The highest BCUT2D eigenvalue weighted by atomic mass is 19.1. The normalized spacial score (nSPS) is 9.83. The summed E-state index contributed by atoms with van der Waals surface area (Å²) in [5, 5.41) is 2.50. The number of hydrogen-bond acceptors (Lipinski definition) is 3. The Hall–Kier alpha value is -1.90. The lowest BCUT2D eigenvalue weighted by molar-refractivity contribution is -0.116. The van der Waals surface area contributed by atoms with Crippen molar-refractivity contribution in [3.8, 4) is 11.8 Å². The first-order valence-corrected chi connectivity index (χ1v) is 5.46. The Balaban J connectivity index is 2.77. The second kappa shape index (κ2) is 6.74. The van der Waals surface area contributed by atoms with Gasteiger partial charge in [0, 0.05) is 5.56 Å². The minimum absolute atomic E-state index is 0.153. The zero-order chi connectivity index (χ0) is 13.5. The first-order valence-electron chi connectivity index (χ1n) is 5.46. The predicted octanol–water partition coefficient (Wildman–Crippen LogP) is 0.636. The van der Waals surface area contributed by atoms with Crippen molar-refractivity contribution in [2.24, 2.45) is 5.73 Å². The van der Waals surface area contributed by atoms with Crippen LogP contribution in [0.25, 0.3) is 0 Å². The van der Waals surface area contributed by atoms with Crippen LogP contribution in [0, 0.1) is 17.7 Å². The molecule has 1 amide bonds. The zero-order valence-electron chi connectivity index (χ0n) is 10.5. The van der Waals surface area contributed by atoms with Gasteiger partial charge in [-0.15, -0.1) is 0 Å². The second-order valence-electron chi connectivity index (χ2n) is 3.99. The Morgan fingerprint density at radius 2 is 2.22 bits per heavy atom. The standard InChI is InChI=1S/C13H16FN3O/c1-17(2)9-13(18)16-12-6-5-10(4-3-7-15)8-11(12)14/h5-6,8H,7,9,15H2,1-2H3,(H,16,18). The Morgan fingerprint density at radius 1 is 1.50 bits per heavy atom. The van der Waals surface area contributed by atoms with E-state index in [1.165, 1.54) is 12.1 Å². The summed E-state index contributed by atoms with van der Waals surface area (Å²) < 4.78 is 13.6. The fourth-order valence-electron chi connectivity index (χ4n) is 1.32. The maximum Gasteiger partial charge on any atom is 0.238 e. The van der Waals surface area contributed by atoms with Crippen LogP contribution in [0.4, 0.5) is 10.1 Å². The molecular weight excluding hydrogens is 233 g/mol. The summed E-state index contributed by atoms with van der Waals surface area (Å²) in [6, 6.07) is 4.40. The Kier molecular flexibility index (Phi) is 5.31. The van der Waals surface area contributed by atoms with Crippen molar-refractivity contribution in [2.45, 2.75) is 0 Å². The number of nitrogens with one attached hydrogen (secondary N) is 1. The lowest BCUT2D eigenvalue weighted by atomic mass is 10.2. The molecule has 1 aromatic rings. The van der Waals surface area contributed by atoms with E-state index in [0.29, 0.717) is 5.56 Å². The average Bonchev–Trinajstić information content (AvgIpc) is 2.28. The van der Waals surface area contributed by atoms with Crippen molar-refractivity contribution >= 4 is 11.6 Å². The number of anilines is 1. The van der Waals surface area contributed by atoms with Crippen molar-refractivity contribution in [1.82, 2.24) is 4.90 Å². The molecule has 0 radical (unpaired) electrons. The van der Waals surface area contributed by atoms with Gasteiger partial charge in [0.25, 0.3) is 0 Å². The molecule has 0 saturated heterocycles. The molecule has 0 bridgehead atoms. The second-order valence-corrected chi connectivity index (χ2v) is 3.99. The number of likely N-dealkylation sites (N-methyl/N-ethyl adjacent to an activating group) is 1. The third kappa shape index (κ3) is 4.53. The van der Waals surface area contributed by atoms with Gasteiger partial charge < -0.3 is 16.0 Å². The number of halogens is 1. The molecular formula is C13H16FN3O. The van der Waals surface area contributed by atoms with Crippen LogP contribution in [0.3, 0.4) is 0 Å². The van der Waals surface area contributed by atoms with Gasteiger partial charge in [0.2, 0.25) is 5.91 Å². The molecule has 5 heteroatoms. The largest absolute Gasteiger partial charge is 0.322 e. The van der Waals surface area contributed by atoms with E-state index >= 15 is 0 Å². The van der Waals surface area contributed by atoms with Crippen molar-refractivity contribution in [2.75, 3.05) is 32.5 Å². The van der Waals surface area contributed by atoms with Gasteiger partial charge in [-0.2, -0.15) is 0 Å². The first-order chi connectivity index (χ1) is 8.52. The molecule has 0 atom stereocenters. The molecule has 0 saturated carbocycles. The van der Waals surface area contributed by atoms with Crippen LogP contribution in [0.15, 0.2) is 18.2 Å². The summed E-state index contributed by atoms with van der Waals surface area (Å²) in [5.41, 5.74) is 5.91. The summed E-state index contributed by atoms with van der Waals surface area (Å²) in [7, 11) is 3.53. The summed E-state index contributed by atoms with van der Waals surface area (Å²) in [6.45, 7) is 0.428. The molecule has 4 nitrogen and oxygen atoms in total. The molecule has 18 heavy (non-hydrogen) atoms. The number of carbonyl (C=O) groups is 1. The summed E-state index contributed by atoms with van der Waals surface area (Å²) in [4.78, 5) is 13.2. The molecule has 3 N–H and O–H groups in total. The fourth-order valence-corrected chi connectivity index (χ4v) is 1.32. The maximum atomic E-state index is 13.6. The van der Waals surface area contributed by atoms with Crippen molar-refractivity contribution in [1.29, 1.82) is 0 Å². The van der Waals surface area contributed by atoms with Gasteiger partial charge in [0.05, 0.1) is 18.8 Å². The minimum atomic E-state index is -0.508. The predicted molar refractivity (Wildman–Crippen MR) is 69.5 cm³/mol. The van der Waals surface area contributed by atoms with Gasteiger partial charge in [0.1, 0.15) is 5.82 Å². The van der Waals surface area contributed by atoms with E-state index in [9.17, 15) is 9.18 Å². The van der Waals surface area contributed by atoms with E-state index in [1.54, 1.807) is 25.1 Å². The number of amides is 1. The molecule has 96 valence electrons. The molecule has 0 aliphatic rings. The van der Waals surface area contributed by atoms with E-state index < -0.39 is 5.82 Å². The Morgan fingerprint density at radius 3 is 2.78 bits per heavy atom. The van der Waals surface area contributed by atoms with Crippen LogP contribution < -0.4 is 11.1 Å². The Bertz CT molecular complexity index is 489. The quantitative estimate of drug-likeness (QED) is 0.773. The summed E-state index contributed by atoms with van der Waals surface area (Å²) in [6.07, 6.45) is 0. The van der Waals surface area contributed by atoms with E-state index in [1.807, 2.05) is 0 Å². The first kappa shape index (κ1) is 14.2. The number of benzene rings is 1. The monoisotopic (exact) mass is 249 g/mol. The topological polar surface area (TPSA) is 58.4 Å². The minimum Gasteiger partial charge on any atom is -0.322 e. The van der Waals surface area contributed by atoms with Crippen LogP contribution >= 0.6 is 0 Å². The van der Waals surface area contributed by atoms with Gasteiger partial charge in [-0.05, 0) is 32.3 Å². The lowest BCUT2D eigenvalue weighted by Gasteiger charge is -2.10. The summed E-state index contributed by atoms with van der Waals surface area (Å²) in [5.74, 6) is 4.58. The highest BCUT2D eigenvalue weighted by molar-refractivity contribution is 5.92. The van der Waals surface area contributed by atoms with Gasteiger partial charge in [-0.3, -0.25) is 4.79 Å². The maximum absolute atomic E-state index is 13.6. The van der Waals surface area contributed by atoms with Crippen LogP contribution in [-0.4, -0.2) is 38.0 Å². The van der Waals surface area contributed by atoms with Crippen molar-refractivity contribution in [3.63, 3.8) is 0 Å². The molecule has 0 fully saturated rings. The van der Waals surface area contributed by atoms with Crippen molar-refractivity contribution in [3.05, 3.63) is 29.6 Å². The molecule has 1 aromatic carbocycles.